The molecule has 0 aliphatic rings. The first-order valence-corrected chi connectivity index (χ1v) is 9.90. The monoisotopic (exact) mass is 388 g/mol. The molecular weight excluding hydrogens is 360 g/mol. The molecule has 0 aliphatic heterocycles. The number of pyridine rings is 1. The van der Waals surface area contributed by atoms with Crippen LogP contribution < -0.4 is 4.74 Å². The van der Waals surface area contributed by atoms with Crippen LogP contribution in [0.1, 0.15) is 30.2 Å². The molecule has 2 aromatic carbocycles. The highest BCUT2D eigenvalue weighted by atomic mass is 16.5. The van der Waals surface area contributed by atoms with Gasteiger partial charge in [-0.15, -0.1) is 0 Å². The van der Waals surface area contributed by atoms with Crippen molar-refractivity contribution in [1.82, 2.24) is 9.88 Å². The summed E-state index contributed by atoms with van der Waals surface area (Å²) in [6, 6.07) is 21.6. The van der Waals surface area contributed by atoms with Crippen molar-refractivity contribution in [2.24, 2.45) is 0 Å². The van der Waals surface area contributed by atoms with Crippen molar-refractivity contribution in [1.29, 1.82) is 0 Å². The molecule has 0 bridgehead atoms. The van der Waals surface area contributed by atoms with Crippen molar-refractivity contribution < 1.29 is 9.84 Å². The number of aromatic nitrogens is 1. The molecule has 0 saturated carbocycles. The molecule has 0 spiro atoms. The first kappa shape index (κ1) is 20.6. The molecule has 0 amide bonds. The van der Waals surface area contributed by atoms with E-state index in [9.17, 15) is 5.11 Å². The average Bonchev–Trinajstić information content (AvgIpc) is 2.74. The van der Waals surface area contributed by atoms with Crippen molar-refractivity contribution in [2.75, 3.05) is 27.2 Å². The molecule has 0 saturated heterocycles. The Morgan fingerprint density at radius 1 is 0.931 bits per heavy atom. The van der Waals surface area contributed by atoms with Crippen LogP contribution in [-0.2, 0) is 0 Å². The van der Waals surface area contributed by atoms with Gasteiger partial charge in [0.05, 0.1) is 11.9 Å². The second-order valence-corrected chi connectivity index (χ2v) is 7.15. The van der Waals surface area contributed by atoms with Crippen molar-refractivity contribution in [2.45, 2.75) is 13.3 Å². The molecule has 1 aromatic heterocycles. The molecule has 1 heterocycles. The van der Waals surface area contributed by atoms with E-state index < -0.39 is 0 Å². The van der Waals surface area contributed by atoms with E-state index in [1.165, 1.54) is 11.1 Å². The topological polar surface area (TPSA) is 45.6 Å². The van der Waals surface area contributed by atoms with Gasteiger partial charge in [0.15, 0.2) is 0 Å². The second-order valence-electron chi connectivity index (χ2n) is 7.15. The molecule has 0 fully saturated rings. The number of hydrogen-bond acceptors (Lipinski definition) is 4. The highest BCUT2D eigenvalue weighted by Gasteiger charge is 2.14. The number of nitrogens with zero attached hydrogens (tertiary/aromatic N) is 2. The largest absolute Gasteiger partial charge is 0.508 e. The Morgan fingerprint density at radius 2 is 1.66 bits per heavy atom. The predicted molar refractivity (Wildman–Crippen MR) is 119 cm³/mol. The van der Waals surface area contributed by atoms with Gasteiger partial charge >= 0.3 is 0 Å². The summed E-state index contributed by atoms with van der Waals surface area (Å²) >= 11 is 0. The summed E-state index contributed by atoms with van der Waals surface area (Å²) in [5, 5.41) is 9.73. The molecule has 3 aromatic rings. The van der Waals surface area contributed by atoms with E-state index in [4.69, 9.17) is 9.72 Å². The van der Waals surface area contributed by atoms with E-state index in [0.29, 0.717) is 6.61 Å². The summed E-state index contributed by atoms with van der Waals surface area (Å²) < 4.78 is 5.79. The Balaban J connectivity index is 2.02. The van der Waals surface area contributed by atoms with Crippen molar-refractivity contribution >= 4 is 11.1 Å². The lowest BCUT2D eigenvalue weighted by molar-refractivity contribution is 0.260. The fourth-order valence-corrected chi connectivity index (χ4v) is 3.23. The van der Waals surface area contributed by atoms with Gasteiger partial charge in [-0.25, -0.2) is 0 Å². The maximum absolute atomic E-state index is 9.73. The molecule has 1 N–H and O–H groups in total. The summed E-state index contributed by atoms with van der Waals surface area (Å²) in [6.45, 7) is 3.63. The van der Waals surface area contributed by atoms with Gasteiger partial charge in [0, 0.05) is 12.1 Å². The zero-order chi connectivity index (χ0) is 20.6. The minimum Gasteiger partial charge on any atom is -0.508 e. The molecule has 29 heavy (non-hydrogen) atoms. The third-order valence-electron chi connectivity index (χ3n) is 4.73. The van der Waals surface area contributed by atoms with Gasteiger partial charge in [-0.1, -0.05) is 49.4 Å². The smallest absolute Gasteiger partial charge is 0.137 e. The lowest BCUT2D eigenvalue weighted by Crippen LogP contribution is -2.19. The number of ether oxygens (including phenoxy) is 1. The molecule has 4 nitrogen and oxygen atoms in total. The van der Waals surface area contributed by atoms with E-state index in [2.05, 4.69) is 36.1 Å². The number of phenols is 1. The van der Waals surface area contributed by atoms with Gasteiger partial charge < -0.3 is 14.7 Å². The van der Waals surface area contributed by atoms with Crippen LogP contribution in [0, 0.1) is 0 Å². The van der Waals surface area contributed by atoms with Gasteiger partial charge in [0.25, 0.3) is 0 Å². The molecule has 0 radical (unpaired) electrons. The normalized spacial score (nSPS) is 12.0. The zero-order valence-electron chi connectivity index (χ0n) is 17.3. The highest BCUT2D eigenvalue weighted by molar-refractivity contribution is 5.97. The average molecular weight is 389 g/mol. The number of phenolic OH excluding ortho intramolecular Hbond substituents is 1. The van der Waals surface area contributed by atoms with E-state index in [-0.39, 0.29) is 5.75 Å². The number of aromatic hydroxyl groups is 1. The molecule has 4 heteroatoms. The lowest BCUT2D eigenvalue weighted by atomic mass is 9.90. The van der Waals surface area contributed by atoms with Crippen molar-refractivity contribution in [3.63, 3.8) is 0 Å². The number of benzene rings is 2. The van der Waals surface area contributed by atoms with E-state index in [1.54, 1.807) is 18.3 Å². The molecule has 0 atom stereocenters. The van der Waals surface area contributed by atoms with Crippen LogP contribution in [0.3, 0.4) is 0 Å². The molecule has 3 rings (SSSR count). The van der Waals surface area contributed by atoms with Crippen LogP contribution in [0.2, 0.25) is 0 Å². The van der Waals surface area contributed by atoms with Crippen LogP contribution >= 0.6 is 0 Å². The van der Waals surface area contributed by atoms with Crippen LogP contribution in [0.5, 0.6) is 11.5 Å². The summed E-state index contributed by atoms with van der Waals surface area (Å²) in [7, 11) is 4.05. The van der Waals surface area contributed by atoms with Crippen LogP contribution in [0.15, 0.2) is 72.9 Å². The standard InChI is InChI=1S/C25H28N2O2/c1-4-23(19-8-6-5-7-9-19)25(20-10-12-21(28)13-11-20)24-15-14-22(18-26-24)29-17-16-27(2)3/h5-15,18,28H,4,16-17H2,1-3H3. The minimum absolute atomic E-state index is 0.253. The summed E-state index contributed by atoms with van der Waals surface area (Å²) in [5.74, 6) is 1.02. The van der Waals surface area contributed by atoms with Gasteiger partial charge in [0.2, 0.25) is 0 Å². The number of hydrogen-bond donors (Lipinski definition) is 1. The maximum atomic E-state index is 9.73. The van der Waals surface area contributed by atoms with Gasteiger partial charge in [-0.3, -0.25) is 4.98 Å². The van der Waals surface area contributed by atoms with Gasteiger partial charge in [-0.05, 0) is 61.5 Å². The van der Waals surface area contributed by atoms with Crippen LogP contribution in [0.4, 0.5) is 0 Å². The van der Waals surface area contributed by atoms with E-state index >= 15 is 0 Å². The van der Waals surface area contributed by atoms with Gasteiger partial charge in [-0.2, -0.15) is 0 Å². The third kappa shape index (κ3) is 5.46. The predicted octanol–water partition coefficient (Wildman–Crippen LogP) is 5.10. The Hall–Kier alpha value is -3.11. The van der Waals surface area contributed by atoms with Crippen LogP contribution in [-0.4, -0.2) is 42.2 Å². The fourth-order valence-electron chi connectivity index (χ4n) is 3.23. The SMILES string of the molecule is CCC(=C(c1ccc(O)cc1)c1ccc(OCCN(C)C)cn1)c1ccccc1. The molecule has 0 unspecified atom stereocenters. The molecule has 0 aliphatic carbocycles. The Bertz CT molecular complexity index is 931. The van der Waals surface area contributed by atoms with E-state index in [1.807, 2.05) is 44.4 Å². The number of allylic oxidation sites excluding steroid dienone is 1. The first-order chi connectivity index (χ1) is 14.1. The molecule has 150 valence electrons. The van der Waals surface area contributed by atoms with E-state index in [0.717, 1.165) is 35.5 Å². The lowest BCUT2D eigenvalue weighted by Gasteiger charge is -2.16. The second kappa shape index (κ2) is 9.89. The maximum Gasteiger partial charge on any atom is 0.137 e. The highest BCUT2D eigenvalue weighted by Crippen LogP contribution is 2.34. The van der Waals surface area contributed by atoms with Crippen LogP contribution in [0.25, 0.3) is 11.1 Å². The van der Waals surface area contributed by atoms with Gasteiger partial charge in [0.1, 0.15) is 18.1 Å². The number of rotatable bonds is 8. The first-order valence-electron chi connectivity index (χ1n) is 9.90. The summed E-state index contributed by atoms with van der Waals surface area (Å²) in [6.07, 6.45) is 2.65. The quantitative estimate of drug-likeness (QED) is 0.546. The molecular formula is C25H28N2O2. The Labute approximate surface area is 173 Å². The Kier molecular flexibility index (Phi) is 7.04. The van der Waals surface area contributed by atoms with Crippen molar-refractivity contribution in [3.05, 3.63) is 89.7 Å². The minimum atomic E-state index is 0.253. The summed E-state index contributed by atoms with van der Waals surface area (Å²) in [4.78, 5) is 6.80. The fraction of sp³-hybridized carbons (Fsp3) is 0.240. The summed E-state index contributed by atoms with van der Waals surface area (Å²) in [5.41, 5.74) is 5.36. The zero-order valence-corrected chi connectivity index (χ0v) is 17.3. The Morgan fingerprint density at radius 3 is 2.24 bits per heavy atom. The third-order valence-corrected chi connectivity index (χ3v) is 4.73. The number of likely N-dealkylation sites (N-methyl/N-ethyl adjacent to an activating group) is 1. The van der Waals surface area contributed by atoms with Crippen molar-refractivity contribution in [3.8, 4) is 11.5 Å².